The SMILES string of the molecule is CCc1nc2cc(Cl)ccn2c1C(=O)Nc1ccc(NC(C)=O)cc1. The number of amides is 2. The van der Waals surface area contributed by atoms with E-state index >= 15 is 0 Å². The number of nitrogens with one attached hydrogen (secondary N) is 2. The maximum absolute atomic E-state index is 12.7. The second kappa shape index (κ2) is 6.94. The Labute approximate surface area is 149 Å². The number of carbonyl (C=O) groups excluding carboxylic acids is 2. The molecule has 0 fully saturated rings. The monoisotopic (exact) mass is 356 g/mol. The van der Waals surface area contributed by atoms with Crippen LogP contribution in [0.5, 0.6) is 0 Å². The van der Waals surface area contributed by atoms with Crippen molar-refractivity contribution < 1.29 is 9.59 Å². The molecule has 2 aromatic heterocycles. The number of anilines is 2. The van der Waals surface area contributed by atoms with Gasteiger partial charge in [-0.15, -0.1) is 0 Å². The van der Waals surface area contributed by atoms with Crippen molar-refractivity contribution in [3.05, 3.63) is 59.0 Å². The van der Waals surface area contributed by atoms with Crippen LogP contribution in [0.1, 0.15) is 30.0 Å². The molecule has 0 radical (unpaired) electrons. The van der Waals surface area contributed by atoms with E-state index in [0.717, 1.165) is 0 Å². The Bertz CT molecular complexity index is 948. The van der Waals surface area contributed by atoms with E-state index in [9.17, 15) is 9.59 Å². The number of imidazole rings is 1. The maximum atomic E-state index is 12.7. The predicted octanol–water partition coefficient (Wildman–Crippen LogP) is 3.76. The molecular formula is C18H17ClN4O2. The van der Waals surface area contributed by atoms with Crippen molar-refractivity contribution in [3.8, 4) is 0 Å². The van der Waals surface area contributed by atoms with Crippen LogP contribution < -0.4 is 10.6 Å². The summed E-state index contributed by atoms with van der Waals surface area (Å²) in [5.74, 6) is -0.396. The van der Waals surface area contributed by atoms with E-state index in [1.807, 2.05) is 6.92 Å². The molecule has 3 aromatic rings. The highest BCUT2D eigenvalue weighted by atomic mass is 35.5. The molecule has 25 heavy (non-hydrogen) atoms. The number of carbonyl (C=O) groups is 2. The van der Waals surface area contributed by atoms with Crippen LogP contribution in [0.2, 0.25) is 5.02 Å². The number of pyridine rings is 1. The molecular weight excluding hydrogens is 340 g/mol. The summed E-state index contributed by atoms with van der Waals surface area (Å²) in [4.78, 5) is 28.3. The van der Waals surface area contributed by atoms with E-state index in [-0.39, 0.29) is 11.8 Å². The van der Waals surface area contributed by atoms with Gasteiger partial charge in [0, 0.05) is 35.6 Å². The second-order valence-corrected chi connectivity index (χ2v) is 5.98. The average Bonchev–Trinajstić information content (AvgIpc) is 2.93. The van der Waals surface area contributed by atoms with Crippen LogP contribution in [-0.2, 0) is 11.2 Å². The summed E-state index contributed by atoms with van der Waals surface area (Å²) >= 11 is 6.00. The number of aryl methyl sites for hydroxylation is 1. The van der Waals surface area contributed by atoms with Gasteiger partial charge in [0.2, 0.25) is 5.91 Å². The third-order valence-electron chi connectivity index (χ3n) is 3.67. The first-order valence-electron chi connectivity index (χ1n) is 7.83. The highest BCUT2D eigenvalue weighted by Gasteiger charge is 2.18. The number of aromatic nitrogens is 2. The molecule has 2 N–H and O–H groups in total. The first-order valence-corrected chi connectivity index (χ1v) is 8.21. The molecule has 0 bridgehead atoms. The Morgan fingerprint density at radius 2 is 1.76 bits per heavy atom. The fourth-order valence-electron chi connectivity index (χ4n) is 2.59. The van der Waals surface area contributed by atoms with Gasteiger partial charge in [0.15, 0.2) is 0 Å². The van der Waals surface area contributed by atoms with Crippen LogP contribution in [0, 0.1) is 0 Å². The number of benzene rings is 1. The molecule has 2 amide bonds. The highest BCUT2D eigenvalue weighted by molar-refractivity contribution is 6.30. The second-order valence-electron chi connectivity index (χ2n) is 5.55. The molecule has 0 aliphatic carbocycles. The van der Waals surface area contributed by atoms with Gasteiger partial charge in [-0.3, -0.25) is 14.0 Å². The lowest BCUT2D eigenvalue weighted by Gasteiger charge is -2.08. The number of halogens is 1. The van der Waals surface area contributed by atoms with Gasteiger partial charge < -0.3 is 10.6 Å². The van der Waals surface area contributed by atoms with Gasteiger partial charge in [0.1, 0.15) is 11.3 Å². The minimum absolute atomic E-state index is 0.145. The van der Waals surface area contributed by atoms with E-state index in [1.165, 1.54) is 6.92 Å². The first-order chi connectivity index (χ1) is 12.0. The van der Waals surface area contributed by atoms with Crippen molar-refractivity contribution in [1.29, 1.82) is 0 Å². The van der Waals surface area contributed by atoms with Crippen molar-refractivity contribution >= 4 is 40.4 Å². The van der Waals surface area contributed by atoms with Crippen LogP contribution in [-0.4, -0.2) is 21.2 Å². The van der Waals surface area contributed by atoms with Crippen molar-refractivity contribution in [3.63, 3.8) is 0 Å². The van der Waals surface area contributed by atoms with E-state index < -0.39 is 0 Å². The summed E-state index contributed by atoms with van der Waals surface area (Å²) < 4.78 is 1.73. The predicted molar refractivity (Wildman–Crippen MR) is 98.3 cm³/mol. The van der Waals surface area contributed by atoms with Gasteiger partial charge in [0.05, 0.1) is 5.69 Å². The molecule has 2 heterocycles. The topological polar surface area (TPSA) is 75.5 Å². The molecule has 0 spiro atoms. The van der Waals surface area contributed by atoms with Crippen LogP contribution in [0.15, 0.2) is 42.6 Å². The fraction of sp³-hybridized carbons (Fsp3) is 0.167. The van der Waals surface area contributed by atoms with E-state index in [1.54, 1.807) is 47.0 Å². The van der Waals surface area contributed by atoms with Gasteiger partial charge in [-0.05, 0) is 36.8 Å². The number of nitrogens with zero attached hydrogens (tertiary/aromatic N) is 2. The zero-order valence-electron chi connectivity index (χ0n) is 13.8. The van der Waals surface area contributed by atoms with Gasteiger partial charge in [-0.2, -0.15) is 0 Å². The number of rotatable bonds is 4. The normalized spacial score (nSPS) is 10.7. The van der Waals surface area contributed by atoms with E-state index in [0.29, 0.717) is 39.9 Å². The molecule has 7 heteroatoms. The Kier molecular flexibility index (Phi) is 4.72. The molecule has 1 aromatic carbocycles. The van der Waals surface area contributed by atoms with Gasteiger partial charge in [0.25, 0.3) is 5.91 Å². The molecule has 0 saturated heterocycles. The summed E-state index contributed by atoms with van der Waals surface area (Å²) in [7, 11) is 0. The summed E-state index contributed by atoms with van der Waals surface area (Å²) in [6.07, 6.45) is 2.36. The van der Waals surface area contributed by atoms with Gasteiger partial charge >= 0.3 is 0 Å². The number of fused-ring (bicyclic) bond motifs is 1. The lowest BCUT2D eigenvalue weighted by atomic mass is 10.2. The number of hydrogen-bond donors (Lipinski definition) is 2. The van der Waals surface area contributed by atoms with Gasteiger partial charge in [-0.25, -0.2) is 4.98 Å². The van der Waals surface area contributed by atoms with Crippen LogP contribution >= 0.6 is 11.6 Å². The Hall–Kier alpha value is -2.86. The van der Waals surface area contributed by atoms with E-state index in [4.69, 9.17) is 11.6 Å². The quantitative estimate of drug-likeness (QED) is 0.747. The third kappa shape index (κ3) is 3.64. The molecule has 6 nitrogen and oxygen atoms in total. The van der Waals surface area contributed by atoms with Crippen LogP contribution in [0.4, 0.5) is 11.4 Å². The lowest BCUT2D eigenvalue weighted by molar-refractivity contribution is -0.114. The largest absolute Gasteiger partial charge is 0.326 e. The minimum Gasteiger partial charge on any atom is -0.326 e. The van der Waals surface area contributed by atoms with Crippen LogP contribution in [0.3, 0.4) is 0 Å². The summed E-state index contributed by atoms with van der Waals surface area (Å²) in [5.41, 5.74) is 3.12. The Balaban J connectivity index is 1.88. The lowest BCUT2D eigenvalue weighted by Crippen LogP contribution is -2.16. The smallest absolute Gasteiger partial charge is 0.274 e. The molecule has 128 valence electrons. The minimum atomic E-state index is -0.251. The average molecular weight is 357 g/mol. The van der Waals surface area contributed by atoms with E-state index in [2.05, 4.69) is 15.6 Å². The zero-order chi connectivity index (χ0) is 18.0. The molecule has 0 aliphatic rings. The Morgan fingerprint density at radius 1 is 1.12 bits per heavy atom. The van der Waals surface area contributed by atoms with Gasteiger partial charge in [-0.1, -0.05) is 18.5 Å². The fourth-order valence-corrected chi connectivity index (χ4v) is 2.74. The summed E-state index contributed by atoms with van der Waals surface area (Å²) in [6.45, 7) is 3.39. The third-order valence-corrected chi connectivity index (χ3v) is 3.91. The standard InChI is InChI=1S/C18H17ClN4O2/c1-3-15-17(23-9-8-12(19)10-16(23)22-15)18(25)21-14-6-4-13(5-7-14)20-11(2)24/h4-10H,3H2,1-2H3,(H,20,24)(H,21,25). The summed E-state index contributed by atoms with van der Waals surface area (Å²) in [6, 6.07) is 10.4. The van der Waals surface area contributed by atoms with Crippen molar-refractivity contribution in [2.24, 2.45) is 0 Å². The maximum Gasteiger partial charge on any atom is 0.274 e. The van der Waals surface area contributed by atoms with Crippen molar-refractivity contribution in [1.82, 2.24) is 9.38 Å². The molecule has 0 unspecified atom stereocenters. The molecule has 3 rings (SSSR count). The highest BCUT2D eigenvalue weighted by Crippen LogP contribution is 2.20. The zero-order valence-corrected chi connectivity index (χ0v) is 14.6. The first kappa shape index (κ1) is 17.0. The van der Waals surface area contributed by atoms with Crippen LogP contribution in [0.25, 0.3) is 5.65 Å². The summed E-state index contributed by atoms with van der Waals surface area (Å²) in [5, 5.41) is 6.11. The van der Waals surface area contributed by atoms with Crippen molar-refractivity contribution in [2.45, 2.75) is 20.3 Å². The Morgan fingerprint density at radius 3 is 2.36 bits per heavy atom. The number of hydrogen-bond acceptors (Lipinski definition) is 3. The molecule has 0 atom stereocenters. The molecule has 0 saturated carbocycles. The molecule has 0 aliphatic heterocycles. The van der Waals surface area contributed by atoms with Crippen molar-refractivity contribution in [2.75, 3.05) is 10.6 Å².